The minimum atomic E-state index is -0.186. The number of carbonyl (C=O) groups is 2. The van der Waals surface area contributed by atoms with Gasteiger partial charge in [0.1, 0.15) is 12.4 Å². The lowest BCUT2D eigenvalue weighted by Gasteiger charge is -2.37. The van der Waals surface area contributed by atoms with Gasteiger partial charge in [-0.3, -0.25) is 9.59 Å². The van der Waals surface area contributed by atoms with Gasteiger partial charge in [0.25, 0.3) is 0 Å². The second-order valence-electron chi connectivity index (χ2n) is 8.65. The van der Waals surface area contributed by atoms with Gasteiger partial charge in [-0.25, -0.2) is 0 Å². The van der Waals surface area contributed by atoms with Gasteiger partial charge in [0.05, 0.1) is 19.2 Å². The third-order valence-electron chi connectivity index (χ3n) is 6.54. The van der Waals surface area contributed by atoms with Crippen LogP contribution < -0.4 is 4.74 Å². The third kappa shape index (κ3) is 5.89. The Kier molecular flexibility index (Phi) is 8.28. The molecule has 0 N–H and O–H groups in total. The lowest BCUT2D eigenvalue weighted by atomic mass is 10.00. The summed E-state index contributed by atoms with van der Waals surface area (Å²) in [7, 11) is 1.62. The summed E-state index contributed by atoms with van der Waals surface area (Å²) < 4.78 is 11.3. The average Bonchev–Trinajstić information content (AvgIpc) is 3.53. The smallest absolute Gasteiger partial charge is 0.242 e. The molecule has 2 amide bonds. The monoisotopic (exact) mass is 490 g/mol. The number of hydrogen-bond acceptors (Lipinski definition) is 5. The van der Waals surface area contributed by atoms with E-state index in [0.717, 1.165) is 37.7 Å². The van der Waals surface area contributed by atoms with Crippen LogP contribution in [0.1, 0.15) is 42.2 Å². The molecule has 6 nitrogen and oxygen atoms in total. The Morgan fingerprint density at radius 1 is 1.18 bits per heavy atom. The number of rotatable bonds is 9. The second-order valence-corrected chi connectivity index (χ2v) is 10.1. The fraction of sp³-hybridized carbons (Fsp3) is 0.520. The van der Waals surface area contributed by atoms with Crippen LogP contribution in [0.15, 0.2) is 35.7 Å². The first-order valence-electron chi connectivity index (χ1n) is 11.6. The van der Waals surface area contributed by atoms with Crippen molar-refractivity contribution in [2.45, 2.75) is 38.1 Å². The van der Waals surface area contributed by atoms with E-state index in [1.807, 2.05) is 17.0 Å². The van der Waals surface area contributed by atoms with Crippen molar-refractivity contribution >= 4 is 34.8 Å². The molecule has 1 unspecified atom stereocenters. The van der Waals surface area contributed by atoms with Crippen LogP contribution in [0.25, 0.3) is 0 Å². The Bertz CT molecular complexity index is 942. The van der Waals surface area contributed by atoms with Crippen molar-refractivity contribution in [1.29, 1.82) is 0 Å². The van der Waals surface area contributed by atoms with Gasteiger partial charge in [0.2, 0.25) is 11.8 Å². The van der Waals surface area contributed by atoms with Crippen molar-refractivity contribution in [2.75, 3.05) is 40.0 Å². The number of amides is 2. The normalized spacial score (nSPS) is 18.2. The maximum Gasteiger partial charge on any atom is 0.242 e. The van der Waals surface area contributed by atoms with Gasteiger partial charge in [0.15, 0.2) is 0 Å². The van der Waals surface area contributed by atoms with Crippen LogP contribution in [-0.4, -0.2) is 61.6 Å². The van der Waals surface area contributed by atoms with Crippen molar-refractivity contribution < 1.29 is 19.1 Å². The van der Waals surface area contributed by atoms with Gasteiger partial charge < -0.3 is 19.3 Å². The molecule has 2 heterocycles. The Morgan fingerprint density at radius 3 is 2.67 bits per heavy atom. The zero-order valence-electron chi connectivity index (χ0n) is 19.0. The van der Waals surface area contributed by atoms with E-state index in [1.54, 1.807) is 35.5 Å². The van der Waals surface area contributed by atoms with Gasteiger partial charge in [0, 0.05) is 36.0 Å². The van der Waals surface area contributed by atoms with Gasteiger partial charge in [-0.2, -0.15) is 0 Å². The first kappa shape index (κ1) is 24.0. The number of benzene rings is 1. The topological polar surface area (TPSA) is 59.1 Å². The number of halogens is 1. The number of ether oxygens (including phenoxy) is 2. The third-order valence-corrected chi connectivity index (χ3v) is 7.79. The number of hydrogen-bond donors (Lipinski definition) is 0. The van der Waals surface area contributed by atoms with E-state index in [4.69, 9.17) is 21.1 Å². The van der Waals surface area contributed by atoms with Crippen molar-refractivity contribution in [3.05, 3.63) is 51.2 Å². The number of methoxy groups -OCH3 is 1. The molecule has 0 radical (unpaired) electrons. The molecule has 1 aliphatic heterocycles. The highest BCUT2D eigenvalue weighted by atomic mass is 35.5. The van der Waals surface area contributed by atoms with E-state index in [9.17, 15) is 9.59 Å². The van der Waals surface area contributed by atoms with Gasteiger partial charge in [-0.1, -0.05) is 24.4 Å². The maximum absolute atomic E-state index is 13.5. The predicted octanol–water partition coefficient (Wildman–Crippen LogP) is 4.57. The van der Waals surface area contributed by atoms with Gasteiger partial charge >= 0.3 is 0 Å². The number of nitrogens with zero attached hydrogens (tertiary/aromatic N) is 2. The summed E-state index contributed by atoms with van der Waals surface area (Å²) in [5.41, 5.74) is 1.14. The highest BCUT2D eigenvalue weighted by Crippen LogP contribution is 2.34. The van der Waals surface area contributed by atoms with Crippen molar-refractivity contribution in [1.82, 2.24) is 9.80 Å². The van der Waals surface area contributed by atoms with E-state index in [1.165, 1.54) is 4.88 Å². The van der Waals surface area contributed by atoms with E-state index in [0.29, 0.717) is 37.1 Å². The number of fused-ring (bicyclic) bond motifs is 1. The largest absolute Gasteiger partial charge is 0.491 e. The standard InChI is InChI=1S/C25H31ClN2O4S/c1-31-14-13-27(25(30)18-4-2-3-5-18)16-24(29)28-12-10-23-21(11-15-33-23)22(28)17-32-20-8-6-19(26)7-9-20/h6-9,11,15,18,22H,2-5,10,12-14,16-17H2,1H3. The highest BCUT2D eigenvalue weighted by molar-refractivity contribution is 7.10. The molecular formula is C25H31ClN2O4S. The van der Waals surface area contributed by atoms with Crippen LogP contribution in [-0.2, 0) is 20.7 Å². The lowest BCUT2D eigenvalue weighted by Crippen LogP contribution is -2.49. The van der Waals surface area contributed by atoms with Crippen LogP contribution >= 0.6 is 22.9 Å². The fourth-order valence-corrected chi connectivity index (χ4v) is 5.79. The van der Waals surface area contributed by atoms with Crippen LogP contribution in [0.2, 0.25) is 5.02 Å². The molecule has 0 spiro atoms. The molecule has 1 aromatic heterocycles. The molecular weight excluding hydrogens is 460 g/mol. The first-order valence-corrected chi connectivity index (χ1v) is 12.8. The molecule has 1 saturated carbocycles. The lowest BCUT2D eigenvalue weighted by molar-refractivity contribution is -0.145. The molecule has 0 bridgehead atoms. The quantitative estimate of drug-likeness (QED) is 0.516. The molecule has 2 aliphatic rings. The van der Waals surface area contributed by atoms with E-state index < -0.39 is 0 Å². The molecule has 1 fully saturated rings. The molecule has 0 saturated heterocycles. The van der Waals surface area contributed by atoms with Gasteiger partial charge in [-0.05, 0) is 60.5 Å². The molecule has 1 aromatic carbocycles. The summed E-state index contributed by atoms with van der Waals surface area (Å²) in [5, 5.41) is 2.72. The second kappa shape index (κ2) is 11.4. The zero-order valence-corrected chi connectivity index (χ0v) is 20.6. The molecule has 2 aromatic rings. The molecule has 1 atom stereocenters. The van der Waals surface area contributed by atoms with Crippen LogP contribution in [0.4, 0.5) is 0 Å². The molecule has 4 rings (SSSR count). The summed E-state index contributed by atoms with van der Waals surface area (Å²) in [6.07, 6.45) is 4.82. The average molecular weight is 491 g/mol. The Morgan fingerprint density at radius 2 is 1.94 bits per heavy atom. The number of carbonyl (C=O) groups excluding carboxylic acids is 2. The molecule has 178 valence electrons. The van der Waals surface area contributed by atoms with Crippen LogP contribution in [0.5, 0.6) is 5.75 Å². The minimum Gasteiger partial charge on any atom is -0.491 e. The van der Waals surface area contributed by atoms with Crippen molar-refractivity contribution in [3.63, 3.8) is 0 Å². The Labute approximate surface area is 204 Å². The summed E-state index contributed by atoms with van der Waals surface area (Å²) in [6, 6.07) is 9.14. The predicted molar refractivity (Wildman–Crippen MR) is 130 cm³/mol. The highest BCUT2D eigenvalue weighted by Gasteiger charge is 2.35. The van der Waals surface area contributed by atoms with E-state index in [-0.39, 0.29) is 30.3 Å². The van der Waals surface area contributed by atoms with Crippen molar-refractivity contribution in [2.24, 2.45) is 5.92 Å². The molecule has 8 heteroatoms. The first-order chi connectivity index (χ1) is 16.1. The van der Waals surface area contributed by atoms with Crippen LogP contribution in [0, 0.1) is 5.92 Å². The maximum atomic E-state index is 13.5. The summed E-state index contributed by atoms with van der Waals surface area (Å²) in [4.78, 5) is 31.5. The summed E-state index contributed by atoms with van der Waals surface area (Å²) in [6.45, 7) is 1.91. The Hall–Kier alpha value is -2.09. The number of thiophene rings is 1. The van der Waals surface area contributed by atoms with E-state index >= 15 is 0 Å². The Balaban J connectivity index is 1.48. The molecule has 33 heavy (non-hydrogen) atoms. The van der Waals surface area contributed by atoms with Crippen LogP contribution in [0.3, 0.4) is 0 Å². The zero-order chi connectivity index (χ0) is 23.2. The summed E-state index contributed by atoms with van der Waals surface area (Å²) >= 11 is 7.71. The minimum absolute atomic E-state index is 0.0310. The van der Waals surface area contributed by atoms with Crippen molar-refractivity contribution in [3.8, 4) is 5.75 Å². The molecule has 1 aliphatic carbocycles. The summed E-state index contributed by atoms with van der Waals surface area (Å²) in [5.74, 6) is 0.787. The van der Waals surface area contributed by atoms with E-state index in [2.05, 4.69) is 11.4 Å². The van der Waals surface area contributed by atoms with Gasteiger partial charge in [-0.15, -0.1) is 11.3 Å². The SMILES string of the molecule is COCCN(CC(=O)N1CCc2sccc2C1COc1ccc(Cl)cc1)C(=O)C1CCCC1. The fourth-order valence-electron chi connectivity index (χ4n) is 4.73.